The first-order chi connectivity index (χ1) is 13.0. The van der Waals surface area contributed by atoms with Crippen molar-refractivity contribution < 1.29 is 23.1 Å². The minimum absolute atomic E-state index is 0.0756. The van der Waals surface area contributed by atoms with Gasteiger partial charge in [0, 0.05) is 10.7 Å². The van der Waals surface area contributed by atoms with Crippen LogP contribution in [-0.2, 0) is 9.57 Å². The molecule has 0 saturated carbocycles. The van der Waals surface area contributed by atoms with Gasteiger partial charge < -0.3 is 10.1 Å². The molecule has 0 aliphatic rings. The number of imidazole rings is 1. The molecule has 0 aliphatic carbocycles. The lowest BCUT2D eigenvalue weighted by molar-refractivity contribution is 0.00890. The SMILES string of the molecule is COCCONC(=O)c1cc(F)c2cncn2c1Nc1ccc(I)cc1F. The topological polar surface area (TPSA) is 76.9 Å². The van der Waals surface area contributed by atoms with Gasteiger partial charge in [-0.15, -0.1) is 0 Å². The summed E-state index contributed by atoms with van der Waals surface area (Å²) in [6, 6.07) is 5.61. The molecule has 3 aromatic rings. The Balaban J connectivity index is 1.99. The van der Waals surface area contributed by atoms with Crippen LogP contribution in [0.1, 0.15) is 10.4 Å². The fraction of sp³-hybridized carbons (Fsp3) is 0.176. The van der Waals surface area contributed by atoms with E-state index < -0.39 is 17.5 Å². The first-order valence-corrected chi connectivity index (χ1v) is 8.87. The van der Waals surface area contributed by atoms with E-state index in [9.17, 15) is 13.6 Å². The van der Waals surface area contributed by atoms with Crippen LogP contribution in [0, 0.1) is 15.2 Å². The molecule has 0 radical (unpaired) electrons. The van der Waals surface area contributed by atoms with Crippen LogP contribution in [-0.4, -0.2) is 35.6 Å². The number of amides is 1. The number of nitrogens with one attached hydrogen (secondary N) is 2. The predicted octanol–water partition coefficient (Wildman–Crippen LogP) is 3.27. The molecule has 1 aromatic carbocycles. The van der Waals surface area contributed by atoms with E-state index in [1.165, 1.54) is 36.2 Å². The molecule has 0 fully saturated rings. The fourth-order valence-corrected chi connectivity index (χ4v) is 2.82. The maximum Gasteiger partial charge on any atom is 0.278 e. The Morgan fingerprint density at radius 3 is 2.81 bits per heavy atom. The second-order valence-electron chi connectivity index (χ2n) is 5.43. The number of hydroxylamine groups is 1. The average Bonchev–Trinajstić information content (AvgIpc) is 3.13. The molecule has 0 bridgehead atoms. The second kappa shape index (κ2) is 8.59. The summed E-state index contributed by atoms with van der Waals surface area (Å²) in [7, 11) is 1.49. The molecule has 0 unspecified atom stereocenters. The normalized spacial score (nSPS) is 11.0. The van der Waals surface area contributed by atoms with Crippen LogP contribution in [0.15, 0.2) is 36.8 Å². The third kappa shape index (κ3) is 4.34. The van der Waals surface area contributed by atoms with Gasteiger partial charge in [0.2, 0.25) is 0 Å². The zero-order chi connectivity index (χ0) is 19.4. The molecule has 2 N–H and O–H groups in total. The van der Waals surface area contributed by atoms with Crippen molar-refractivity contribution in [2.24, 2.45) is 0 Å². The Hall–Kier alpha value is -2.31. The highest BCUT2D eigenvalue weighted by molar-refractivity contribution is 14.1. The summed E-state index contributed by atoms with van der Waals surface area (Å²) < 4.78 is 35.4. The highest BCUT2D eigenvalue weighted by atomic mass is 127. The quantitative estimate of drug-likeness (QED) is 0.304. The Labute approximate surface area is 166 Å². The minimum atomic E-state index is -0.700. The van der Waals surface area contributed by atoms with Gasteiger partial charge in [-0.2, -0.15) is 0 Å². The highest BCUT2D eigenvalue weighted by Gasteiger charge is 2.20. The van der Waals surface area contributed by atoms with E-state index in [-0.39, 0.29) is 35.8 Å². The van der Waals surface area contributed by atoms with E-state index in [0.29, 0.717) is 3.57 Å². The van der Waals surface area contributed by atoms with Crippen LogP contribution in [0.4, 0.5) is 20.3 Å². The van der Waals surface area contributed by atoms with Crippen molar-refractivity contribution in [1.29, 1.82) is 0 Å². The summed E-state index contributed by atoms with van der Waals surface area (Å²) in [5, 5.41) is 2.84. The second-order valence-corrected chi connectivity index (χ2v) is 6.67. The van der Waals surface area contributed by atoms with Crippen LogP contribution >= 0.6 is 22.6 Å². The molecule has 3 rings (SSSR count). The Morgan fingerprint density at radius 1 is 1.26 bits per heavy atom. The van der Waals surface area contributed by atoms with E-state index in [0.717, 1.165) is 6.07 Å². The van der Waals surface area contributed by atoms with Gasteiger partial charge in [0.05, 0.1) is 30.7 Å². The van der Waals surface area contributed by atoms with Gasteiger partial charge in [0.1, 0.15) is 29.3 Å². The first kappa shape index (κ1) is 19.5. The summed E-state index contributed by atoms with van der Waals surface area (Å²) in [4.78, 5) is 21.4. The summed E-state index contributed by atoms with van der Waals surface area (Å²) in [5.74, 6) is -1.71. The lowest BCUT2D eigenvalue weighted by atomic mass is 10.2. The lowest BCUT2D eigenvalue weighted by Gasteiger charge is -2.15. The molecule has 2 heterocycles. The van der Waals surface area contributed by atoms with Crippen molar-refractivity contribution >= 4 is 45.5 Å². The van der Waals surface area contributed by atoms with E-state index in [1.807, 2.05) is 22.6 Å². The van der Waals surface area contributed by atoms with E-state index in [1.54, 1.807) is 6.07 Å². The maximum absolute atomic E-state index is 14.3. The zero-order valence-corrected chi connectivity index (χ0v) is 16.3. The van der Waals surface area contributed by atoms with Gasteiger partial charge in [-0.05, 0) is 46.9 Å². The number of pyridine rings is 1. The van der Waals surface area contributed by atoms with Crippen molar-refractivity contribution in [2.45, 2.75) is 0 Å². The average molecular weight is 488 g/mol. The number of benzene rings is 1. The molecule has 0 spiro atoms. The van der Waals surface area contributed by atoms with Crippen molar-refractivity contribution in [3.63, 3.8) is 0 Å². The number of nitrogens with zero attached hydrogens (tertiary/aromatic N) is 2. The number of carbonyl (C=O) groups is 1. The van der Waals surface area contributed by atoms with Crippen molar-refractivity contribution in [2.75, 3.05) is 25.6 Å². The Bertz CT molecular complexity index is 980. The van der Waals surface area contributed by atoms with E-state index in [2.05, 4.69) is 15.8 Å². The molecule has 0 saturated heterocycles. The minimum Gasteiger partial charge on any atom is -0.382 e. The summed E-state index contributed by atoms with van der Waals surface area (Å²) in [6.07, 6.45) is 2.63. The number of hydrogen-bond donors (Lipinski definition) is 2. The van der Waals surface area contributed by atoms with Gasteiger partial charge in [0.25, 0.3) is 5.91 Å². The van der Waals surface area contributed by atoms with Crippen LogP contribution in [0.2, 0.25) is 0 Å². The van der Waals surface area contributed by atoms with E-state index in [4.69, 9.17) is 9.57 Å². The van der Waals surface area contributed by atoms with Crippen molar-refractivity contribution in [1.82, 2.24) is 14.9 Å². The Morgan fingerprint density at radius 2 is 2.07 bits per heavy atom. The smallest absolute Gasteiger partial charge is 0.278 e. The van der Waals surface area contributed by atoms with Crippen LogP contribution in [0.3, 0.4) is 0 Å². The monoisotopic (exact) mass is 488 g/mol. The van der Waals surface area contributed by atoms with Gasteiger partial charge in [-0.1, -0.05) is 0 Å². The molecular formula is C17H15F2IN4O3. The molecule has 2 aromatic heterocycles. The molecule has 0 atom stereocenters. The van der Waals surface area contributed by atoms with Crippen LogP contribution < -0.4 is 10.8 Å². The highest BCUT2D eigenvalue weighted by Crippen LogP contribution is 2.27. The van der Waals surface area contributed by atoms with Crippen LogP contribution in [0.25, 0.3) is 5.52 Å². The summed E-state index contributed by atoms with van der Waals surface area (Å²) in [5.41, 5.74) is 2.41. The molecule has 0 aliphatic heterocycles. The first-order valence-electron chi connectivity index (χ1n) is 7.79. The predicted molar refractivity (Wildman–Crippen MR) is 103 cm³/mol. The third-order valence-corrected chi connectivity index (χ3v) is 4.30. The molecule has 1 amide bonds. The van der Waals surface area contributed by atoms with Gasteiger partial charge in [0.15, 0.2) is 0 Å². The number of fused-ring (bicyclic) bond motifs is 1. The van der Waals surface area contributed by atoms with E-state index >= 15 is 0 Å². The molecule has 142 valence electrons. The number of halogens is 3. The molecule has 7 nitrogen and oxygen atoms in total. The molecular weight excluding hydrogens is 473 g/mol. The largest absolute Gasteiger partial charge is 0.382 e. The Kier molecular flexibility index (Phi) is 6.19. The molecule has 27 heavy (non-hydrogen) atoms. The van der Waals surface area contributed by atoms with Gasteiger partial charge in [-0.25, -0.2) is 19.2 Å². The number of carbonyl (C=O) groups excluding carboxylic acids is 1. The number of rotatable bonds is 7. The maximum atomic E-state index is 14.3. The summed E-state index contributed by atoms with van der Waals surface area (Å²) >= 11 is 1.99. The van der Waals surface area contributed by atoms with Gasteiger partial charge in [-0.3, -0.25) is 14.0 Å². The third-order valence-electron chi connectivity index (χ3n) is 3.63. The number of anilines is 2. The zero-order valence-electron chi connectivity index (χ0n) is 14.1. The van der Waals surface area contributed by atoms with Crippen molar-refractivity contribution in [3.05, 3.63) is 57.6 Å². The number of ether oxygens (including phenoxy) is 1. The number of methoxy groups -OCH3 is 1. The fourth-order valence-electron chi connectivity index (χ4n) is 2.36. The number of aromatic nitrogens is 2. The van der Waals surface area contributed by atoms with Crippen molar-refractivity contribution in [3.8, 4) is 0 Å². The molecule has 10 heteroatoms. The number of hydrogen-bond acceptors (Lipinski definition) is 5. The standard InChI is InChI=1S/C17H15F2IN4O3/c1-26-4-5-27-23-17(25)11-7-13(19)15-8-21-9-24(15)16(11)22-14-3-2-10(20)6-12(14)18/h2-3,6-9,22H,4-5H2,1H3,(H,23,25). The summed E-state index contributed by atoms with van der Waals surface area (Å²) in [6.45, 7) is 0.390. The van der Waals surface area contributed by atoms with Crippen LogP contribution in [0.5, 0.6) is 0 Å². The lowest BCUT2D eigenvalue weighted by Crippen LogP contribution is -2.27. The van der Waals surface area contributed by atoms with Gasteiger partial charge >= 0.3 is 0 Å².